The third-order valence-electron chi connectivity index (χ3n) is 5.71. The maximum atomic E-state index is 12.2. The Kier molecular flexibility index (Phi) is 4.24. The van der Waals surface area contributed by atoms with Crippen molar-refractivity contribution >= 4 is 11.6 Å². The van der Waals surface area contributed by atoms with Gasteiger partial charge in [-0.15, -0.1) is 0 Å². The van der Waals surface area contributed by atoms with Crippen LogP contribution in [0, 0.1) is 0 Å². The largest absolute Gasteiger partial charge is 0.382 e. The van der Waals surface area contributed by atoms with E-state index >= 15 is 0 Å². The van der Waals surface area contributed by atoms with Crippen molar-refractivity contribution in [2.45, 2.75) is 57.0 Å². The summed E-state index contributed by atoms with van der Waals surface area (Å²) < 4.78 is 1.96. The van der Waals surface area contributed by atoms with E-state index in [-0.39, 0.29) is 5.91 Å². The quantitative estimate of drug-likeness (QED) is 0.896. The van der Waals surface area contributed by atoms with Gasteiger partial charge in [0.15, 0.2) is 0 Å². The molecule has 132 valence electrons. The monoisotopic (exact) mass is 338 g/mol. The minimum Gasteiger partial charge on any atom is -0.382 e. The van der Waals surface area contributed by atoms with Gasteiger partial charge in [-0.25, -0.2) is 4.98 Å². The van der Waals surface area contributed by atoms with Gasteiger partial charge in [-0.3, -0.25) is 4.79 Å². The van der Waals surface area contributed by atoms with Crippen molar-refractivity contribution < 1.29 is 4.79 Å². The molecular formula is C20H26N4O. The van der Waals surface area contributed by atoms with Gasteiger partial charge in [0.1, 0.15) is 5.54 Å². The zero-order chi connectivity index (χ0) is 17.3. The third-order valence-corrected chi connectivity index (χ3v) is 5.71. The van der Waals surface area contributed by atoms with Gasteiger partial charge in [0.2, 0.25) is 5.91 Å². The van der Waals surface area contributed by atoms with Gasteiger partial charge >= 0.3 is 0 Å². The van der Waals surface area contributed by atoms with Crippen LogP contribution in [0.2, 0.25) is 0 Å². The Labute approximate surface area is 148 Å². The number of para-hydroxylation sites is 1. The molecule has 2 aliphatic rings. The maximum absolute atomic E-state index is 12.2. The van der Waals surface area contributed by atoms with E-state index in [9.17, 15) is 4.79 Å². The Hall–Kier alpha value is -2.30. The number of nitrogens with zero attached hydrogens (tertiary/aromatic N) is 2. The Morgan fingerprint density at radius 1 is 1.24 bits per heavy atom. The molecule has 1 unspecified atom stereocenters. The number of benzene rings is 1. The van der Waals surface area contributed by atoms with Gasteiger partial charge in [0.25, 0.3) is 0 Å². The number of amides is 1. The van der Waals surface area contributed by atoms with Crippen LogP contribution in [0.1, 0.15) is 45.4 Å². The first-order chi connectivity index (χ1) is 12.2. The Balaban J connectivity index is 1.61. The van der Waals surface area contributed by atoms with E-state index in [4.69, 9.17) is 0 Å². The molecule has 1 amide bonds. The summed E-state index contributed by atoms with van der Waals surface area (Å²) >= 11 is 0. The lowest BCUT2D eigenvalue weighted by Crippen LogP contribution is -2.37. The predicted octanol–water partition coefficient (Wildman–Crippen LogP) is 3.53. The van der Waals surface area contributed by atoms with Crippen LogP contribution in [0.25, 0.3) is 11.3 Å². The minimum absolute atomic E-state index is 0.0741. The van der Waals surface area contributed by atoms with Gasteiger partial charge in [0, 0.05) is 30.0 Å². The molecule has 25 heavy (non-hydrogen) atoms. The van der Waals surface area contributed by atoms with Gasteiger partial charge in [0.05, 0.1) is 12.0 Å². The molecular weight excluding hydrogens is 312 g/mol. The second-order valence-corrected chi connectivity index (χ2v) is 7.47. The first-order valence-corrected chi connectivity index (χ1v) is 9.35. The van der Waals surface area contributed by atoms with Gasteiger partial charge in [-0.1, -0.05) is 37.5 Å². The van der Waals surface area contributed by atoms with Gasteiger partial charge in [-0.05, 0) is 32.3 Å². The van der Waals surface area contributed by atoms with E-state index in [1.165, 1.54) is 32.1 Å². The average molecular weight is 338 g/mol. The van der Waals surface area contributed by atoms with Gasteiger partial charge < -0.3 is 15.2 Å². The summed E-state index contributed by atoms with van der Waals surface area (Å²) in [6.07, 6.45) is 11.0. The van der Waals surface area contributed by atoms with Gasteiger partial charge in [-0.2, -0.15) is 0 Å². The molecule has 1 aliphatic heterocycles. The zero-order valence-corrected chi connectivity index (χ0v) is 14.8. The summed E-state index contributed by atoms with van der Waals surface area (Å²) in [6.45, 7) is 2.70. The van der Waals surface area contributed by atoms with E-state index in [0.29, 0.717) is 6.04 Å². The molecule has 1 aromatic heterocycles. The van der Waals surface area contributed by atoms with E-state index in [1.807, 2.05) is 23.8 Å². The number of rotatable bonds is 4. The van der Waals surface area contributed by atoms with E-state index in [1.54, 1.807) is 6.33 Å². The lowest BCUT2D eigenvalue weighted by Gasteiger charge is -2.25. The number of carbonyl (C=O) groups excluding carboxylic acids is 1. The molecule has 1 saturated heterocycles. The predicted molar refractivity (Wildman–Crippen MR) is 99.4 cm³/mol. The number of anilines is 1. The molecule has 0 radical (unpaired) electrons. The first kappa shape index (κ1) is 16.2. The van der Waals surface area contributed by atoms with E-state index in [2.05, 4.69) is 33.8 Å². The molecule has 1 saturated carbocycles. The Bertz CT molecular complexity index is 763. The molecule has 1 atom stereocenters. The van der Waals surface area contributed by atoms with Crippen molar-refractivity contribution in [3.8, 4) is 11.3 Å². The van der Waals surface area contributed by atoms with Crippen LogP contribution in [0.3, 0.4) is 0 Å². The Morgan fingerprint density at radius 2 is 2.04 bits per heavy atom. The lowest BCUT2D eigenvalue weighted by atomic mass is 9.95. The third kappa shape index (κ3) is 3.03. The molecule has 5 nitrogen and oxygen atoms in total. The minimum atomic E-state index is -0.531. The number of nitrogens with one attached hydrogen (secondary N) is 2. The zero-order valence-electron chi connectivity index (χ0n) is 14.8. The highest BCUT2D eigenvalue weighted by atomic mass is 16.2. The van der Waals surface area contributed by atoms with Crippen LogP contribution in [-0.2, 0) is 10.3 Å². The van der Waals surface area contributed by atoms with Crippen molar-refractivity contribution in [2.75, 3.05) is 11.9 Å². The number of carbonyl (C=O) groups is 1. The second kappa shape index (κ2) is 6.54. The molecule has 2 aromatic rings. The first-order valence-electron chi connectivity index (χ1n) is 9.35. The average Bonchev–Trinajstić information content (AvgIpc) is 3.25. The number of hydrogen-bond donors (Lipinski definition) is 2. The normalized spacial score (nSPS) is 24.3. The molecule has 2 fully saturated rings. The highest BCUT2D eigenvalue weighted by Gasteiger charge is 2.39. The second-order valence-electron chi connectivity index (χ2n) is 7.47. The molecule has 0 spiro atoms. The van der Waals surface area contributed by atoms with Crippen molar-refractivity contribution in [1.29, 1.82) is 0 Å². The summed E-state index contributed by atoms with van der Waals surface area (Å²) in [5.41, 5.74) is 2.63. The number of imidazole rings is 1. The molecule has 0 bridgehead atoms. The smallest absolute Gasteiger partial charge is 0.246 e. The van der Waals surface area contributed by atoms with Crippen LogP contribution in [0.4, 0.5) is 5.69 Å². The summed E-state index contributed by atoms with van der Waals surface area (Å²) in [7, 11) is 0. The fraction of sp³-hybridized carbons (Fsp3) is 0.500. The molecule has 1 aromatic carbocycles. The number of hydrogen-bond acceptors (Lipinski definition) is 3. The molecule has 1 aliphatic carbocycles. The van der Waals surface area contributed by atoms with Crippen molar-refractivity contribution in [1.82, 2.24) is 14.9 Å². The standard InChI is InChI=1S/C20H26N4O/c1-20(11-12-21-19(20)25)24-13-18(22-14-24)16-9-5-6-10-17(16)23-15-7-3-2-4-8-15/h5-6,9-10,13-15,23H,2-4,7-8,11-12H2,1H3,(H,21,25). The SMILES string of the molecule is CC1(n2cnc(-c3ccccc3NC3CCCCC3)c2)CCNC1=O. The van der Waals surface area contributed by atoms with Crippen LogP contribution in [0.5, 0.6) is 0 Å². The van der Waals surface area contributed by atoms with Crippen LogP contribution < -0.4 is 10.6 Å². The molecule has 4 rings (SSSR count). The highest BCUT2D eigenvalue weighted by Crippen LogP contribution is 2.32. The summed E-state index contributed by atoms with van der Waals surface area (Å²) in [4.78, 5) is 16.8. The number of aromatic nitrogens is 2. The van der Waals surface area contributed by atoms with Crippen LogP contribution in [0.15, 0.2) is 36.8 Å². The van der Waals surface area contributed by atoms with E-state index < -0.39 is 5.54 Å². The fourth-order valence-electron chi connectivity index (χ4n) is 4.00. The Morgan fingerprint density at radius 3 is 2.80 bits per heavy atom. The molecule has 2 heterocycles. The molecule has 5 heteroatoms. The fourth-order valence-corrected chi connectivity index (χ4v) is 4.00. The highest BCUT2D eigenvalue weighted by molar-refractivity contribution is 5.86. The lowest BCUT2D eigenvalue weighted by molar-refractivity contribution is -0.125. The maximum Gasteiger partial charge on any atom is 0.246 e. The molecule has 2 N–H and O–H groups in total. The van der Waals surface area contributed by atoms with Crippen molar-refractivity contribution in [3.05, 3.63) is 36.8 Å². The summed E-state index contributed by atoms with van der Waals surface area (Å²) in [6, 6.07) is 8.90. The van der Waals surface area contributed by atoms with E-state index in [0.717, 1.165) is 29.9 Å². The summed E-state index contributed by atoms with van der Waals surface area (Å²) in [5.74, 6) is 0.0741. The topological polar surface area (TPSA) is 59.0 Å². The summed E-state index contributed by atoms with van der Waals surface area (Å²) in [5, 5.41) is 6.64. The van der Waals surface area contributed by atoms with Crippen molar-refractivity contribution in [3.63, 3.8) is 0 Å². The van der Waals surface area contributed by atoms with Crippen molar-refractivity contribution in [2.24, 2.45) is 0 Å². The van der Waals surface area contributed by atoms with Crippen LogP contribution in [-0.4, -0.2) is 28.0 Å². The van der Waals surface area contributed by atoms with Crippen LogP contribution >= 0.6 is 0 Å².